The summed E-state index contributed by atoms with van der Waals surface area (Å²) in [7, 11) is 3.96. The van der Waals surface area contributed by atoms with Crippen LogP contribution in [0.1, 0.15) is 0 Å². The predicted octanol–water partition coefficient (Wildman–Crippen LogP) is 1.86. The molecule has 0 aromatic carbocycles. The van der Waals surface area contributed by atoms with Gasteiger partial charge in [-0.3, -0.25) is 0 Å². The van der Waals surface area contributed by atoms with Gasteiger partial charge >= 0.3 is 0 Å². The van der Waals surface area contributed by atoms with Crippen LogP contribution in [-0.4, -0.2) is 37.4 Å². The Balaban J connectivity index is 2.08. The molecule has 2 aromatic heterocycles. The van der Waals surface area contributed by atoms with E-state index < -0.39 is 0 Å². The smallest absolute Gasteiger partial charge is 0.151 e. The number of likely N-dealkylation sites (N-methyl/N-ethyl adjacent to an activating group) is 2. The Morgan fingerprint density at radius 2 is 2.18 bits per heavy atom. The van der Waals surface area contributed by atoms with E-state index in [1.54, 1.807) is 11.3 Å². The van der Waals surface area contributed by atoms with Gasteiger partial charge < -0.3 is 10.2 Å². The number of thiophene rings is 1. The number of nitrogens with one attached hydrogen (secondary N) is 1. The average Bonchev–Trinajstić information content (AvgIpc) is 2.90. The lowest BCUT2D eigenvalue weighted by Gasteiger charge is -2.16. The molecule has 0 spiro atoms. The minimum Gasteiger partial charge on any atom is -0.357 e. The third-order valence-corrected chi connectivity index (χ3v) is 3.40. The molecule has 0 saturated heterocycles. The van der Waals surface area contributed by atoms with Crippen molar-refractivity contribution in [3.63, 3.8) is 0 Å². The molecule has 0 aliphatic rings. The molecule has 0 radical (unpaired) electrons. The largest absolute Gasteiger partial charge is 0.357 e. The number of nitrogens with zero attached hydrogens (tertiary/aromatic N) is 3. The summed E-state index contributed by atoms with van der Waals surface area (Å²) < 4.78 is 0. The summed E-state index contributed by atoms with van der Waals surface area (Å²) >= 11 is 1.68. The van der Waals surface area contributed by atoms with E-state index in [1.165, 1.54) is 0 Å². The molecule has 0 amide bonds. The Bertz CT molecular complexity index is 438. The van der Waals surface area contributed by atoms with Gasteiger partial charge in [0.15, 0.2) is 5.82 Å². The second kappa shape index (κ2) is 5.75. The van der Waals surface area contributed by atoms with Crippen LogP contribution in [0.5, 0.6) is 0 Å². The van der Waals surface area contributed by atoms with E-state index in [2.05, 4.69) is 26.5 Å². The number of hydrogen-bond donors (Lipinski definition) is 1. The van der Waals surface area contributed by atoms with E-state index in [-0.39, 0.29) is 0 Å². The normalized spacial score (nSPS) is 10.5. The summed E-state index contributed by atoms with van der Waals surface area (Å²) in [5, 5.41) is 13.7. The zero-order chi connectivity index (χ0) is 12.1. The van der Waals surface area contributed by atoms with E-state index in [0.717, 1.165) is 29.5 Å². The van der Waals surface area contributed by atoms with Crippen molar-refractivity contribution in [2.45, 2.75) is 0 Å². The fraction of sp³-hybridized carbons (Fsp3) is 0.333. The maximum atomic E-state index is 4.25. The first-order valence-corrected chi connectivity index (χ1v) is 6.42. The summed E-state index contributed by atoms with van der Waals surface area (Å²) in [4.78, 5) is 3.24. The molecule has 17 heavy (non-hydrogen) atoms. The molecule has 5 heteroatoms. The van der Waals surface area contributed by atoms with Gasteiger partial charge in [0.2, 0.25) is 0 Å². The first kappa shape index (κ1) is 12.0. The zero-order valence-corrected chi connectivity index (χ0v) is 10.9. The Kier molecular flexibility index (Phi) is 4.06. The van der Waals surface area contributed by atoms with Gasteiger partial charge in [0.1, 0.15) is 5.69 Å². The highest BCUT2D eigenvalue weighted by Crippen LogP contribution is 2.22. The van der Waals surface area contributed by atoms with E-state index in [4.69, 9.17) is 0 Å². The van der Waals surface area contributed by atoms with E-state index in [9.17, 15) is 0 Å². The number of aromatic nitrogens is 2. The Hall–Kier alpha value is -1.46. The Labute approximate surface area is 105 Å². The third-order valence-electron chi connectivity index (χ3n) is 2.51. The second-order valence-electron chi connectivity index (χ2n) is 3.78. The number of rotatable bonds is 5. The first-order chi connectivity index (χ1) is 8.31. The van der Waals surface area contributed by atoms with Crippen LogP contribution < -0.4 is 10.2 Å². The van der Waals surface area contributed by atoms with Crippen molar-refractivity contribution in [1.82, 2.24) is 15.5 Å². The van der Waals surface area contributed by atoms with Gasteiger partial charge in [-0.15, -0.1) is 21.5 Å². The molecule has 2 aromatic rings. The van der Waals surface area contributed by atoms with Crippen molar-refractivity contribution in [3.05, 3.63) is 29.6 Å². The quantitative estimate of drug-likeness (QED) is 0.877. The van der Waals surface area contributed by atoms with Gasteiger partial charge in [-0.2, -0.15) is 0 Å². The van der Waals surface area contributed by atoms with E-state index in [0.29, 0.717) is 0 Å². The van der Waals surface area contributed by atoms with Crippen LogP contribution in [0.3, 0.4) is 0 Å². The summed E-state index contributed by atoms with van der Waals surface area (Å²) in [6, 6.07) is 8.11. The van der Waals surface area contributed by atoms with Crippen LogP contribution in [0, 0.1) is 0 Å². The molecule has 0 aliphatic carbocycles. The Morgan fingerprint density at radius 1 is 1.29 bits per heavy atom. The lowest BCUT2D eigenvalue weighted by atomic mass is 10.3. The van der Waals surface area contributed by atoms with Crippen LogP contribution in [0.25, 0.3) is 10.6 Å². The molecule has 2 heterocycles. The van der Waals surface area contributed by atoms with E-state index >= 15 is 0 Å². The molecule has 0 fully saturated rings. The van der Waals surface area contributed by atoms with Crippen molar-refractivity contribution in [2.24, 2.45) is 0 Å². The van der Waals surface area contributed by atoms with Crippen LogP contribution in [-0.2, 0) is 0 Å². The van der Waals surface area contributed by atoms with Gasteiger partial charge in [0.05, 0.1) is 4.88 Å². The van der Waals surface area contributed by atoms with Crippen LogP contribution in [0.2, 0.25) is 0 Å². The highest BCUT2D eigenvalue weighted by molar-refractivity contribution is 7.13. The first-order valence-electron chi connectivity index (χ1n) is 5.54. The van der Waals surface area contributed by atoms with Gasteiger partial charge in [0.25, 0.3) is 0 Å². The Morgan fingerprint density at radius 3 is 2.76 bits per heavy atom. The second-order valence-corrected chi connectivity index (χ2v) is 4.73. The molecule has 90 valence electrons. The van der Waals surface area contributed by atoms with Gasteiger partial charge in [-0.05, 0) is 30.6 Å². The van der Waals surface area contributed by atoms with E-state index in [1.807, 2.05) is 37.7 Å². The standard InChI is InChI=1S/C12H16N4S/c1-13-7-8-16(2)12-6-5-10(14-15-12)11-4-3-9-17-11/h3-6,9,13H,7-8H2,1-2H3. The van der Waals surface area contributed by atoms with Crippen molar-refractivity contribution in [2.75, 3.05) is 32.1 Å². The van der Waals surface area contributed by atoms with Crippen LogP contribution >= 0.6 is 11.3 Å². The number of hydrogen-bond acceptors (Lipinski definition) is 5. The SMILES string of the molecule is CNCCN(C)c1ccc(-c2cccs2)nn1. The fourth-order valence-corrected chi connectivity index (χ4v) is 2.17. The average molecular weight is 248 g/mol. The lowest BCUT2D eigenvalue weighted by molar-refractivity contribution is 0.756. The summed E-state index contributed by atoms with van der Waals surface area (Å²) in [6.07, 6.45) is 0. The van der Waals surface area contributed by atoms with Crippen molar-refractivity contribution in [1.29, 1.82) is 0 Å². The van der Waals surface area contributed by atoms with Crippen molar-refractivity contribution < 1.29 is 0 Å². The lowest BCUT2D eigenvalue weighted by Crippen LogP contribution is -2.27. The summed E-state index contributed by atoms with van der Waals surface area (Å²) in [5.74, 6) is 0.903. The minimum absolute atomic E-state index is 0.903. The summed E-state index contributed by atoms with van der Waals surface area (Å²) in [5.41, 5.74) is 0.936. The molecular formula is C12H16N4S. The minimum atomic E-state index is 0.903. The molecule has 0 saturated carbocycles. The maximum absolute atomic E-state index is 4.25. The molecule has 4 nitrogen and oxygen atoms in total. The molecule has 2 rings (SSSR count). The summed E-state index contributed by atoms with van der Waals surface area (Å²) in [6.45, 7) is 1.86. The van der Waals surface area contributed by atoms with Gasteiger partial charge in [-0.1, -0.05) is 6.07 Å². The van der Waals surface area contributed by atoms with Crippen molar-refractivity contribution in [3.8, 4) is 10.6 Å². The monoisotopic (exact) mass is 248 g/mol. The molecule has 1 N–H and O–H groups in total. The number of anilines is 1. The molecule has 0 atom stereocenters. The zero-order valence-electron chi connectivity index (χ0n) is 10.1. The highest BCUT2D eigenvalue weighted by atomic mass is 32.1. The van der Waals surface area contributed by atoms with Crippen LogP contribution in [0.4, 0.5) is 5.82 Å². The molecule has 0 unspecified atom stereocenters. The van der Waals surface area contributed by atoms with Crippen molar-refractivity contribution >= 4 is 17.2 Å². The maximum Gasteiger partial charge on any atom is 0.151 e. The van der Waals surface area contributed by atoms with Gasteiger partial charge in [-0.25, -0.2) is 0 Å². The van der Waals surface area contributed by atoms with Gasteiger partial charge in [0, 0.05) is 20.1 Å². The topological polar surface area (TPSA) is 41.0 Å². The van der Waals surface area contributed by atoms with Crippen LogP contribution in [0.15, 0.2) is 29.6 Å². The predicted molar refractivity (Wildman–Crippen MR) is 72.5 cm³/mol. The highest BCUT2D eigenvalue weighted by Gasteiger charge is 2.04. The molecule has 0 aliphatic heterocycles. The molecule has 0 bridgehead atoms. The third kappa shape index (κ3) is 3.01. The fourth-order valence-electron chi connectivity index (χ4n) is 1.48. The molecular weight excluding hydrogens is 232 g/mol.